The summed E-state index contributed by atoms with van der Waals surface area (Å²) in [6, 6.07) is 10.0. The van der Waals surface area contributed by atoms with E-state index < -0.39 is 0 Å². The molecule has 2 heterocycles. The molecule has 0 aliphatic heterocycles. The first-order valence-corrected chi connectivity index (χ1v) is 6.09. The molecule has 2 aromatic heterocycles. The van der Waals surface area contributed by atoms with Crippen molar-refractivity contribution in [1.82, 2.24) is 14.9 Å². The zero-order valence-electron chi connectivity index (χ0n) is 10.4. The summed E-state index contributed by atoms with van der Waals surface area (Å²) in [4.78, 5) is 10.7. The molecule has 0 aromatic carbocycles. The molecule has 94 valence electrons. The van der Waals surface area contributed by atoms with Crippen LogP contribution in [0.4, 0.5) is 0 Å². The molecular weight excluding hydrogens is 224 g/mol. The Bertz CT molecular complexity index is 402. The Hall–Kier alpha value is -1.78. The van der Waals surface area contributed by atoms with Crippen LogP contribution >= 0.6 is 0 Å². The van der Waals surface area contributed by atoms with Crippen molar-refractivity contribution < 1.29 is 0 Å². The van der Waals surface area contributed by atoms with E-state index in [1.165, 1.54) is 5.56 Å². The molecule has 0 aliphatic carbocycles. The first-order valence-electron chi connectivity index (χ1n) is 6.09. The van der Waals surface area contributed by atoms with E-state index in [0.717, 1.165) is 25.3 Å². The topological polar surface area (TPSA) is 55.0 Å². The maximum absolute atomic E-state index is 5.66. The maximum Gasteiger partial charge on any atom is 0.0544 e. The Morgan fingerprint density at radius 2 is 1.83 bits per heavy atom. The highest BCUT2D eigenvalue weighted by molar-refractivity contribution is 5.10. The largest absolute Gasteiger partial charge is 0.329 e. The lowest BCUT2D eigenvalue weighted by Gasteiger charge is -2.21. The summed E-state index contributed by atoms with van der Waals surface area (Å²) < 4.78 is 0. The fourth-order valence-electron chi connectivity index (χ4n) is 1.86. The van der Waals surface area contributed by atoms with Crippen LogP contribution in [0, 0.1) is 0 Å². The van der Waals surface area contributed by atoms with Gasteiger partial charge < -0.3 is 5.73 Å². The zero-order valence-corrected chi connectivity index (χ0v) is 10.4. The number of hydrogen-bond acceptors (Lipinski definition) is 4. The molecule has 18 heavy (non-hydrogen) atoms. The fraction of sp³-hybridized carbons (Fsp3) is 0.286. The van der Waals surface area contributed by atoms with Crippen LogP contribution in [0.2, 0.25) is 0 Å². The van der Waals surface area contributed by atoms with Crippen molar-refractivity contribution in [1.29, 1.82) is 0 Å². The molecule has 0 saturated heterocycles. The molecule has 0 spiro atoms. The Morgan fingerprint density at radius 1 is 1.00 bits per heavy atom. The lowest BCUT2D eigenvalue weighted by Crippen LogP contribution is -2.29. The zero-order chi connectivity index (χ0) is 12.6. The van der Waals surface area contributed by atoms with Gasteiger partial charge in [0, 0.05) is 44.8 Å². The van der Waals surface area contributed by atoms with Gasteiger partial charge in [0.2, 0.25) is 0 Å². The minimum absolute atomic E-state index is 0.651. The van der Waals surface area contributed by atoms with Gasteiger partial charge in [-0.1, -0.05) is 6.07 Å². The van der Waals surface area contributed by atoms with E-state index in [4.69, 9.17) is 5.73 Å². The molecule has 4 heteroatoms. The normalized spacial score (nSPS) is 10.8. The lowest BCUT2D eigenvalue weighted by atomic mass is 10.2. The summed E-state index contributed by atoms with van der Waals surface area (Å²) in [7, 11) is 0. The predicted octanol–water partition coefficient (Wildman–Crippen LogP) is 1.44. The Kier molecular flexibility index (Phi) is 4.81. The van der Waals surface area contributed by atoms with Crippen LogP contribution in [0.1, 0.15) is 11.3 Å². The van der Waals surface area contributed by atoms with E-state index in [1.54, 1.807) is 0 Å². The van der Waals surface area contributed by atoms with Crippen molar-refractivity contribution in [3.8, 4) is 0 Å². The minimum Gasteiger partial charge on any atom is -0.329 e. The average molecular weight is 242 g/mol. The molecule has 0 fully saturated rings. The number of pyridine rings is 2. The summed E-state index contributed by atoms with van der Waals surface area (Å²) in [5.74, 6) is 0. The average Bonchev–Trinajstić information content (AvgIpc) is 2.41. The third-order valence-electron chi connectivity index (χ3n) is 2.71. The van der Waals surface area contributed by atoms with Gasteiger partial charge in [0.1, 0.15) is 0 Å². The van der Waals surface area contributed by atoms with Crippen LogP contribution in [0.3, 0.4) is 0 Å². The molecule has 2 aromatic rings. The third-order valence-corrected chi connectivity index (χ3v) is 2.71. The van der Waals surface area contributed by atoms with Gasteiger partial charge in [0.05, 0.1) is 5.69 Å². The Morgan fingerprint density at radius 3 is 2.50 bits per heavy atom. The second kappa shape index (κ2) is 6.83. The van der Waals surface area contributed by atoms with Crippen molar-refractivity contribution in [3.05, 3.63) is 60.2 Å². The van der Waals surface area contributed by atoms with Gasteiger partial charge in [0.25, 0.3) is 0 Å². The number of nitrogens with zero attached hydrogens (tertiary/aromatic N) is 3. The molecule has 0 atom stereocenters. The van der Waals surface area contributed by atoms with Crippen LogP contribution in [0.25, 0.3) is 0 Å². The van der Waals surface area contributed by atoms with E-state index in [-0.39, 0.29) is 0 Å². The minimum atomic E-state index is 0.651. The van der Waals surface area contributed by atoms with Crippen molar-refractivity contribution in [2.24, 2.45) is 5.73 Å². The van der Waals surface area contributed by atoms with Crippen LogP contribution in [0.15, 0.2) is 48.9 Å². The number of aromatic nitrogens is 2. The first kappa shape index (κ1) is 12.7. The van der Waals surface area contributed by atoms with E-state index >= 15 is 0 Å². The highest BCUT2D eigenvalue weighted by Crippen LogP contribution is 2.07. The highest BCUT2D eigenvalue weighted by Gasteiger charge is 2.06. The molecule has 0 aliphatic rings. The van der Waals surface area contributed by atoms with Gasteiger partial charge in [-0.2, -0.15) is 0 Å². The number of hydrogen-bond donors (Lipinski definition) is 1. The molecule has 0 unspecified atom stereocenters. The van der Waals surface area contributed by atoms with Crippen LogP contribution in [0.5, 0.6) is 0 Å². The summed E-state index contributed by atoms with van der Waals surface area (Å²) in [6.45, 7) is 3.20. The number of nitrogens with two attached hydrogens (primary N) is 1. The van der Waals surface area contributed by atoms with E-state index in [0.29, 0.717) is 6.54 Å². The summed E-state index contributed by atoms with van der Waals surface area (Å²) in [6.07, 6.45) is 5.45. The molecule has 4 nitrogen and oxygen atoms in total. The number of rotatable bonds is 6. The van der Waals surface area contributed by atoms with E-state index in [2.05, 4.69) is 14.9 Å². The van der Waals surface area contributed by atoms with Crippen LogP contribution < -0.4 is 5.73 Å². The maximum atomic E-state index is 5.66. The molecule has 2 N–H and O–H groups in total. The van der Waals surface area contributed by atoms with Crippen molar-refractivity contribution in [3.63, 3.8) is 0 Å². The second-order valence-corrected chi connectivity index (χ2v) is 4.18. The van der Waals surface area contributed by atoms with Gasteiger partial charge in [-0.05, 0) is 29.8 Å². The van der Waals surface area contributed by atoms with E-state index in [9.17, 15) is 0 Å². The van der Waals surface area contributed by atoms with Crippen molar-refractivity contribution in [2.75, 3.05) is 13.1 Å². The van der Waals surface area contributed by atoms with E-state index in [1.807, 2.05) is 48.9 Å². The third kappa shape index (κ3) is 3.91. The fourth-order valence-corrected chi connectivity index (χ4v) is 1.86. The first-order chi connectivity index (χ1) is 8.88. The monoisotopic (exact) mass is 242 g/mol. The van der Waals surface area contributed by atoms with Gasteiger partial charge in [-0.3, -0.25) is 14.9 Å². The SMILES string of the molecule is NCCN(Cc1ccncc1)Cc1ccccn1. The quantitative estimate of drug-likeness (QED) is 0.832. The molecular formula is C14H18N4. The van der Waals surface area contributed by atoms with Crippen molar-refractivity contribution >= 4 is 0 Å². The molecule has 0 amide bonds. The predicted molar refractivity (Wildman–Crippen MR) is 71.6 cm³/mol. The molecule has 0 saturated carbocycles. The van der Waals surface area contributed by atoms with Crippen LogP contribution in [-0.2, 0) is 13.1 Å². The lowest BCUT2D eigenvalue weighted by molar-refractivity contribution is 0.261. The van der Waals surface area contributed by atoms with Gasteiger partial charge in [-0.15, -0.1) is 0 Å². The summed E-state index contributed by atoms with van der Waals surface area (Å²) >= 11 is 0. The van der Waals surface area contributed by atoms with Gasteiger partial charge >= 0.3 is 0 Å². The summed E-state index contributed by atoms with van der Waals surface area (Å²) in [5.41, 5.74) is 7.98. The Labute approximate surface area is 107 Å². The standard InChI is InChI=1S/C14H18N4/c15-6-10-18(11-13-4-8-16-9-5-13)12-14-3-1-2-7-17-14/h1-5,7-9H,6,10-12,15H2. The van der Waals surface area contributed by atoms with Crippen LogP contribution in [-0.4, -0.2) is 28.0 Å². The van der Waals surface area contributed by atoms with Gasteiger partial charge in [0.15, 0.2) is 0 Å². The molecule has 0 bridgehead atoms. The highest BCUT2D eigenvalue weighted by atomic mass is 15.1. The summed E-state index contributed by atoms with van der Waals surface area (Å²) in [5, 5.41) is 0. The second-order valence-electron chi connectivity index (χ2n) is 4.18. The van der Waals surface area contributed by atoms with Gasteiger partial charge in [-0.25, -0.2) is 0 Å². The van der Waals surface area contributed by atoms with Crippen molar-refractivity contribution in [2.45, 2.75) is 13.1 Å². The molecule has 0 radical (unpaired) electrons. The smallest absolute Gasteiger partial charge is 0.0544 e. The Balaban J connectivity index is 2.00. The molecule has 2 rings (SSSR count).